The number of carbonyl (C=O) groups is 2. The molecule has 0 heterocycles. The molecule has 0 saturated heterocycles. The third kappa shape index (κ3) is 4.65. The summed E-state index contributed by atoms with van der Waals surface area (Å²) in [6, 6.07) is 5.86. The number of halogens is 1. The standard InChI is InChI=1S/C14H15ClN2O2/c1-2-3-4-9-12(13(16)18)17-14(19)10-7-5-6-8-11(10)15/h1,5-8,12H,3-4,9H2,(H2,16,18)(H,17,19)/t12-/m0/s1. The number of unbranched alkanes of at least 4 members (excludes halogenated alkanes) is 1. The van der Waals surface area contributed by atoms with E-state index in [9.17, 15) is 9.59 Å². The quantitative estimate of drug-likeness (QED) is 0.614. The van der Waals surface area contributed by atoms with Gasteiger partial charge in [-0.25, -0.2) is 0 Å². The van der Waals surface area contributed by atoms with E-state index in [4.69, 9.17) is 23.8 Å². The van der Waals surface area contributed by atoms with Crippen LogP contribution in [0.3, 0.4) is 0 Å². The molecule has 19 heavy (non-hydrogen) atoms. The number of hydrogen-bond acceptors (Lipinski definition) is 2. The van der Waals surface area contributed by atoms with Gasteiger partial charge in [0.2, 0.25) is 5.91 Å². The molecule has 100 valence electrons. The Morgan fingerprint density at radius 3 is 2.68 bits per heavy atom. The van der Waals surface area contributed by atoms with Crippen molar-refractivity contribution in [1.82, 2.24) is 5.32 Å². The minimum Gasteiger partial charge on any atom is -0.368 e. The van der Waals surface area contributed by atoms with E-state index in [1.54, 1.807) is 24.3 Å². The molecule has 0 bridgehead atoms. The highest BCUT2D eigenvalue weighted by molar-refractivity contribution is 6.33. The molecule has 4 nitrogen and oxygen atoms in total. The molecular weight excluding hydrogens is 264 g/mol. The van der Waals surface area contributed by atoms with Crippen molar-refractivity contribution in [2.24, 2.45) is 5.73 Å². The Morgan fingerprint density at radius 1 is 1.42 bits per heavy atom. The van der Waals surface area contributed by atoms with Crippen LogP contribution in [0.1, 0.15) is 29.6 Å². The molecule has 0 radical (unpaired) electrons. The fraction of sp³-hybridized carbons (Fsp3) is 0.286. The van der Waals surface area contributed by atoms with E-state index < -0.39 is 17.9 Å². The lowest BCUT2D eigenvalue weighted by molar-refractivity contribution is -0.120. The van der Waals surface area contributed by atoms with Crippen molar-refractivity contribution in [3.8, 4) is 12.3 Å². The smallest absolute Gasteiger partial charge is 0.253 e. The fourth-order valence-electron chi connectivity index (χ4n) is 1.58. The molecule has 0 aliphatic rings. The molecule has 0 aromatic heterocycles. The summed E-state index contributed by atoms with van der Waals surface area (Å²) in [5.41, 5.74) is 5.56. The highest BCUT2D eigenvalue weighted by Gasteiger charge is 2.19. The van der Waals surface area contributed by atoms with Gasteiger partial charge in [0.15, 0.2) is 0 Å². The molecule has 0 aliphatic heterocycles. The van der Waals surface area contributed by atoms with Gasteiger partial charge in [-0.3, -0.25) is 9.59 Å². The van der Waals surface area contributed by atoms with Crippen molar-refractivity contribution in [2.75, 3.05) is 0 Å². The molecule has 0 spiro atoms. The minimum absolute atomic E-state index is 0.312. The number of primary amides is 1. The van der Waals surface area contributed by atoms with Gasteiger partial charge in [-0.1, -0.05) is 23.7 Å². The number of hydrogen-bond donors (Lipinski definition) is 2. The highest BCUT2D eigenvalue weighted by Crippen LogP contribution is 2.15. The van der Waals surface area contributed by atoms with Gasteiger partial charge in [0.25, 0.3) is 5.91 Å². The zero-order valence-corrected chi connectivity index (χ0v) is 11.1. The lowest BCUT2D eigenvalue weighted by Gasteiger charge is -2.15. The molecule has 3 N–H and O–H groups in total. The van der Waals surface area contributed by atoms with Crippen molar-refractivity contribution in [2.45, 2.75) is 25.3 Å². The summed E-state index contributed by atoms with van der Waals surface area (Å²) in [5, 5.41) is 2.89. The first-order valence-electron chi connectivity index (χ1n) is 5.84. The molecule has 0 fully saturated rings. The molecule has 0 unspecified atom stereocenters. The van der Waals surface area contributed by atoms with E-state index in [1.165, 1.54) is 0 Å². The normalized spacial score (nSPS) is 11.4. The largest absolute Gasteiger partial charge is 0.368 e. The summed E-state index contributed by atoms with van der Waals surface area (Å²) in [6.07, 6.45) is 6.70. The fourth-order valence-corrected chi connectivity index (χ4v) is 1.80. The van der Waals surface area contributed by atoms with E-state index >= 15 is 0 Å². The van der Waals surface area contributed by atoms with Crippen LogP contribution in [-0.4, -0.2) is 17.9 Å². The number of nitrogens with one attached hydrogen (secondary N) is 1. The van der Waals surface area contributed by atoms with Gasteiger partial charge >= 0.3 is 0 Å². The summed E-state index contributed by atoms with van der Waals surface area (Å²) in [5.74, 6) is 1.46. The topological polar surface area (TPSA) is 72.2 Å². The number of amides is 2. The van der Waals surface area contributed by atoms with Gasteiger partial charge in [0.05, 0.1) is 10.6 Å². The Hall–Kier alpha value is -1.99. The zero-order chi connectivity index (χ0) is 14.3. The second-order valence-corrected chi connectivity index (χ2v) is 4.41. The van der Waals surface area contributed by atoms with Crippen LogP contribution < -0.4 is 11.1 Å². The second kappa shape index (κ2) is 7.45. The first-order chi connectivity index (χ1) is 9.06. The van der Waals surface area contributed by atoms with Crippen LogP contribution >= 0.6 is 11.6 Å². The number of carbonyl (C=O) groups excluding carboxylic acids is 2. The second-order valence-electron chi connectivity index (χ2n) is 4.00. The molecule has 1 aromatic carbocycles. The summed E-state index contributed by atoms with van der Waals surface area (Å²) in [7, 11) is 0. The molecule has 5 heteroatoms. The van der Waals surface area contributed by atoms with Crippen molar-refractivity contribution < 1.29 is 9.59 Å². The number of nitrogens with two attached hydrogens (primary N) is 1. The Bertz CT molecular complexity index is 508. The van der Waals surface area contributed by atoms with Gasteiger partial charge in [0.1, 0.15) is 6.04 Å². The predicted octanol–water partition coefficient (Wildman–Crippen LogP) is 1.73. The molecule has 1 rings (SSSR count). The maximum Gasteiger partial charge on any atom is 0.253 e. The summed E-state index contributed by atoms with van der Waals surface area (Å²) in [4.78, 5) is 23.2. The minimum atomic E-state index is -0.739. The van der Waals surface area contributed by atoms with Gasteiger partial charge < -0.3 is 11.1 Å². The third-order valence-corrected chi connectivity index (χ3v) is 2.91. The number of rotatable bonds is 6. The average molecular weight is 279 g/mol. The molecule has 0 aliphatic carbocycles. The van der Waals surface area contributed by atoms with Crippen molar-refractivity contribution >= 4 is 23.4 Å². The van der Waals surface area contributed by atoms with Crippen LogP contribution in [0.2, 0.25) is 5.02 Å². The maximum atomic E-state index is 12.0. The first-order valence-corrected chi connectivity index (χ1v) is 6.22. The van der Waals surface area contributed by atoms with Gasteiger partial charge in [-0.2, -0.15) is 0 Å². The summed E-state index contributed by atoms with van der Waals surface area (Å²) < 4.78 is 0. The molecule has 2 amide bonds. The Morgan fingerprint density at radius 2 is 2.11 bits per heavy atom. The van der Waals surface area contributed by atoms with Crippen LogP contribution in [0.5, 0.6) is 0 Å². The first kappa shape index (κ1) is 15.1. The van der Waals surface area contributed by atoms with E-state index in [0.717, 1.165) is 0 Å². The van der Waals surface area contributed by atoms with Crippen LogP contribution in [-0.2, 0) is 4.79 Å². The summed E-state index contributed by atoms with van der Waals surface area (Å²) >= 11 is 5.91. The monoisotopic (exact) mass is 278 g/mol. The van der Waals surface area contributed by atoms with Gasteiger partial charge in [0, 0.05) is 6.42 Å². The van der Waals surface area contributed by atoms with E-state index in [-0.39, 0.29) is 0 Å². The van der Waals surface area contributed by atoms with Crippen molar-refractivity contribution in [3.05, 3.63) is 34.9 Å². The SMILES string of the molecule is C#CCCC[C@H](NC(=O)c1ccccc1Cl)C(N)=O. The van der Waals surface area contributed by atoms with Crippen molar-refractivity contribution in [1.29, 1.82) is 0 Å². The maximum absolute atomic E-state index is 12.0. The number of terminal acetylenes is 1. The van der Waals surface area contributed by atoms with Crippen molar-refractivity contribution in [3.63, 3.8) is 0 Å². The molecule has 0 saturated carbocycles. The van der Waals surface area contributed by atoms with Crippen LogP contribution in [0, 0.1) is 12.3 Å². The van der Waals surface area contributed by atoms with Gasteiger partial charge in [-0.15, -0.1) is 12.3 Å². The Kier molecular flexibility index (Phi) is 5.91. The molecular formula is C14H15ClN2O2. The van der Waals surface area contributed by atoms with Crippen LogP contribution in [0.25, 0.3) is 0 Å². The van der Waals surface area contributed by atoms with Gasteiger partial charge in [-0.05, 0) is 25.0 Å². The molecule has 1 aromatic rings. The van der Waals surface area contributed by atoms with Crippen LogP contribution in [0.15, 0.2) is 24.3 Å². The average Bonchev–Trinajstić information content (AvgIpc) is 2.38. The van der Waals surface area contributed by atoms with Crippen LogP contribution in [0.4, 0.5) is 0 Å². The summed E-state index contributed by atoms with van der Waals surface area (Å²) in [6.45, 7) is 0. The predicted molar refractivity (Wildman–Crippen MR) is 74.6 cm³/mol. The number of benzene rings is 1. The lowest BCUT2D eigenvalue weighted by atomic mass is 10.1. The third-order valence-electron chi connectivity index (χ3n) is 2.58. The lowest BCUT2D eigenvalue weighted by Crippen LogP contribution is -2.44. The van der Waals surface area contributed by atoms with E-state index in [2.05, 4.69) is 11.2 Å². The zero-order valence-electron chi connectivity index (χ0n) is 10.4. The van der Waals surface area contributed by atoms with E-state index in [1.807, 2.05) is 0 Å². The molecule has 1 atom stereocenters. The Balaban J connectivity index is 2.69. The van der Waals surface area contributed by atoms with E-state index in [0.29, 0.717) is 29.8 Å². The Labute approximate surface area is 117 Å². The highest BCUT2D eigenvalue weighted by atomic mass is 35.5.